The molecule has 0 spiro atoms. The van der Waals surface area contributed by atoms with Gasteiger partial charge >= 0.3 is 0 Å². The highest BCUT2D eigenvalue weighted by Crippen LogP contribution is 2.26. The van der Waals surface area contributed by atoms with E-state index < -0.39 is 0 Å². The summed E-state index contributed by atoms with van der Waals surface area (Å²) >= 11 is 0. The van der Waals surface area contributed by atoms with Gasteiger partial charge < -0.3 is 0 Å². The first kappa shape index (κ1) is 24.0. The fourth-order valence-electron chi connectivity index (χ4n) is 2.00. The van der Waals surface area contributed by atoms with Crippen molar-refractivity contribution in [2.75, 3.05) is 0 Å². The van der Waals surface area contributed by atoms with E-state index in [2.05, 4.69) is 52.0 Å². The van der Waals surface area contributed by atoms with Gasteiger partial charge in [-0.1, -0.05) is 79.2 Å². The molecule has 0 atom stereocenters. The number of benzene rings is 1. The Kier molecular flexibility index (Phi) is 21.6. The minimum Gasteiger partial charge on any atom is -0.0838 e. The van der Waals surface area contributed by atoms with Crippen LogP contribution in [0.5, 0.6) is 0 Å². The minimum atomic E-state index is 1.18. The van der Waals surface area contributed by atoms with Gasteiger partial charge in [-0.25, -0.2) is 0 Å². The van der Waals surface area contributed by atoms with Crippen LogP contribution in [0.15, 0.2) is 24.3 Å². The van der Waals surface area contributed by atoms with Crippen molar-refractivity contribution in [1.82, 2.24) is 0 Å². The molecule has 20 heavy (non-hydrogen) atoms. The van der Waals surface area contributed by atoms with Crippen LogP contribution >= 0.6 is 0 Å². The summed E-state index contributed by atoms with van der Waals surface area (Å²) in [5.41, 5.74) is 5.73. The number of allylic oxidation sites excluding steroid dienone is 2. The molecule has 118 valence electrons. The fraction of sp³-hybridized carbons (Fsp3) is 0.600. The zero-order valence-electron chi connectivity index (χ0n) is 15.7. The summed E-state index contributed by atoms with van der Waals surface area (Å²) in [7, 11) is 0. The van der Waals surface area contributed by atoms with Crippen LogP contribution in [0.3, 0.4) is 0 Å². The van der Waals surface area contributed by atoms with Gasteiger partial charge in [-0.2, -0.15) is 0 Å². The maximum Gasteiger partial charge on any atom is -0.0169 e. The Hall–Kier alpha value is -1.04. The summed E-state index contributed by atoms with van der Waals surface area (Å²) in [5.74, 6) is 0. The highest BCUT2D eigenvalue weighted by atomic mass is 14.1. The molecule has 0 heteroatoms. The first-order valence-electron chi connectivity index (χ1n) is 8.42. The molecule has 0 fully saturated rings. The second-order valence-electron chi connectivity index (χ2n) is 3.83. The van der Waals surface area contributed by atoms with Gasteiger partial charge in [0, 0.05) is 0 Å². The van der Waals surface area contributed by atoms with Crippen LogP contribution in [0.4, 0.5) is 0 Å². The molecular formula is C20H38. The van der Waals surface area contributed by atoms with E-state index in [1.807, 2.05) is 41.5 Å². The van der Waals surface area contributed by atoms with Crippen molar-refractivity contribution in [3.63, 3.8) is 0 Å². The van der Waals surface area contributed by atoms with Crippen LogP contribution in [0.25, 0.3) is 5.57 Å². The Balaban J connectivity index is -0.000000425. The summed E-state index contributed by atoms with van der Waals surface area (Å²) < 4.78 is 0. The van der Waals surface area contributed by atoms with E-state index in [9.17, 15) is 0 Å². The summed E-state index contributed by atoms with van der Waals surface area (Å²) in [6.45, 7) is 20.8. The van der Waals surface area contributed by atoms with Crippen molar-refractivity contribution < 1.29 is 0 Å². The van der Waals surface area contributed by atoms with Gasteiger partial charge in [-0.05, 0) is 49.5 Å². The molecule has 0 heterocycles. The predicted octanol–water partition coefficient (Wildman–Crippen LogP) is 7.59. The van der Waals surface area contributed by atoms with Crippen molar-refractivity contribution in [1.29, 1.82) is 0 Å². The topological polar surface area (TPSA) is 0 Å². The number of hydrogen-bond acceptors (Lipinski definition) is 0. The van der Waals surface area contributed by atoms with Gasteiger partial charge in [0.1, 0.15) is 0 Å². The third-order valence-electron chi connectivity index (χ3n) is 2.67. The van der Waals surface area contributed by atoms with E-state index in [4.69, 9.17) is 0 Å². The molecule has 0 aromatic heterocycles. The molecule has 0 aliphatic carbocycles. The lowest BCUT2D eigenvalue weighted by molar-refractivity contribution is 0.968. The summed E-state index contributed by atoms with van der Waals surface area (Å²) in [6, 6.07) is 6.52. The molecule has 0 unspecified atom stereocenters. The van der Waals surface area contributed by atoms with E-state index in [0.29, 0.717) is 0 Å². The molecule has 1 aromatic carbocycles. The molecule has 1 rings (SSSR count). The van der Waals surface area contributed by atoms with Gasteiger partial charge in [0.25, 0.3) is 0 Å². The van der Waals surface area contributed by atoms with Crippen LogP contribution in [0, 0.1) is 13.8 Å². The molecule has 0 nitrogen and oxygen atoms in total. The lowest BCUT2D eigenvalue weighted by Crippen LogP contribution is -1.92. The van der Waals surface area contributed by atoms with Crippen LogP contribution in [-0.2, 0) is 0 Å². The first-order valence-corrected chi connectivity index (χ1v) is 8.42. The third kappa shape index (κ3) is 8.96. The van der Waals surface area contributed by atoms with Gasteiger partial charge in [-0.3, -0.25) is 0 Å². The van der Waals surface area contributed by atoms with Crippen molar-refractivity contribution in [2.45, 2.75) is 82.1 Å². The molecule has 0 radical (unpaired) electrons. The van der Waals surface area contributed by atoms with E-state index in [-0.39, 0.29) is 0 Å². The Bertz CT molecular complexity index is 312. The Labute approximate surface area is 129 Å². The summed E-state index contributed by atoms with van der Waals surface area (Å²) in [6.07, 6.45) is 4.65. The highest BCUT2D eigenvalue weighted by Gasteiger charge is 2.05. The number of rotatable bonds is 3. The van der Waals surface area contributed by atoms with Crippen LogP contribution in [-0.4, -0.2) is 0 Å². The Morgan fingerprint density at radius 1 is 0.900 bits per heavy atom. The van der Waals surface area contributed by atoms with Crippen LogP contribution in [0.2, 0.25) is 0 Å². The molecule has 0 bridgehead atoms. The molecule has 0 aliphatic rings. The van der Waals surface area contributed by atoms with Crippen LogP contribution < -0.4 is 0 Å². The quantitative estimate of drug-likeness (QED) is 0.534. The largest absolute Gasteiger partial charge is 0.0838 e. The maximum atomic E-state index is 2.25. The first-order chi connectivity index (χ1) is 9.70. The SMILES string of the molecule is C/C=C(/CCC)c1c(C)cccc1C.CC.CC.CC. The molecule has 0 amide bonds. The zero-order chi connectivity index (χ0) is 16.6. The molecular weight excluding hydrogens is 240 g/mol. The van der Waals surface area contributed by atoms with E-state index in [1.165, 1.54) is 35.1 Å². The van der Waals surface area contributed by atoms with E-state index >= 15 is 0 Å². The molecule has 1 aromatic rings. The average molecular weight is 279 g/mol. The van der Waals surface area contributed by atoms with E-state index in [1.54, 1.807) is 0 Å². The van der Waals surface area contributed by atoms with Crippen molar-refractivity contribution in [3.05, 3.63) is 41.0 Å². The normalized spacial score (nSPS) is 9.20. The fourth-order valence-corrected chi connectivity index (χ4v) is 2.00. The lowest BCUT2D eigenvalue weighted by Gasteiger charge is -2.12. The second kappa shape index (κ2) is 18.0. The van der Waals surface area contributed by atoms with Gasteiger partial charge in [0.2, 0.25) is 0 Å². The minimum absolute atomic E-state index is 1.18. The standard InChI is InChI=1S/C14H20.3C2H6/c1-5-8-13(6-2)14-11(3)9-7-10-12(14)4;3*1-2/h6-7,9-10H,5,8H2,1-4H3;3*1-2H3/b13-6-;;;. The maximum absolute atomic E-state index is 2.25. The monoisotopic (exact) mass is 278 g/mol. The number of aryl methyl sites for hydroxylation is 2. The summed E-state index contributed by atoms with van der Waals surface area (Å²) in [4.78, 5) is 0. The second-order valence-corrected chi connectivity index (χ2v) is 3.83. The average Bonchev–Trinajstić information content (AvgIpc) is 2.52. The number of hydrogen-bond donors (Lipinski definition) is 0. The van der Waals surface area contributed by atoms with Gasteiger partial charge in [0.15, 0.2) is 0 Å². The lowest BCUT2D eigenvalue weighted by atomic mass is 9.93. The molecule has 0 saturated heterocycles. The third-order valence-corrected chi connectivity index (χ3v) is 2.67. The summed E-state index contributed by atoms with van der Waals surface area (Å²) in [5, 5.41) is 0. The smallest absolute Gasteiger partial charge is 0.0169 e. The van der Waals surface area contributed by atoms with Crippen molar-refractivity contribution in [2.24, 2.45) is 0 Å². The van der Waals surface area contributed by atoms with Crippen molar-refractivity contribution in [3.8, 4) is 0 Å². The molecule has 0 aliphatic heterocycles. The van der Waals surface area contributed by atoms with Crippen molar-refractivity contribution >= 4 is 5.57 Å². The van der Waals surface area contributed by atoms with Gasteiger partial charge in [0.05, 0.1) is 0 Å². The van der Waals surface area contributed by atoms with Crippen LogP contribution in [0.1, 0.15) is 84.9 Å². The highest BCUT2D eigenvalue weighted by molar-refractivity contribution is 5.70. The Morgan fingerprint density at radius 3 is 1.60 bits per heavy atom. The van der Waals surface area contributed by atoms with E-state index in [0.717, 1.165) is 0 Å². The predicted molar refractivity (Wildman–Crippen MR) is 98.5 cm³/mol. The van der Waals surface area contributed by atoms with Gasteiger partial charge in [-0.15, -0.1) is 0 Å². The zero-order valence-corrected chi connectivity index (χ0v) is 15.7. The molecule has 0 N–H and O–H groups in total. The molecule has 0 saturated carbocycles. The Morgan fingerprint density at radius 2 is 1.30 bits per heavy atom.